The number of aliphatic hydroxyl groups is 1. The highest BCUT2D eigenvalue weighted by atomic mass is 28.3. The molecule has 2 rings (SSSR count). The van der Waals surface area contributed by atoms with Crippen molar-refractivity contribution >= 4 is 8.07 Å². The Morgan fingerprint density at radius 1 is 1.33 bits per heavy atom. The first-order chi connectivity index (χ1) is 7.26. The first kappa shape index (κ1) is 11.6. The van der Waals surface area contributed by atoms with Crippen molar-refractivity contribution in [3.8, 4) is 0 Å². The van der Waals surface area contributed by atoms with Crippen molar-refractivity contribution in [2.24, 2.45) is 0 Å². The molecule has 2 aliphatic rings. The third kappa shape index (κ3) is 2.63. The normalized spacial score (nSPS) is 32.0. The zero-order chi connectivity index (χ0) is 10.7. The summed E-state index contributed by atoms with van der Waals surface area (Å²) in [6.45, 7) is 3.47. The summed E-state index contributed by atoms with van der Waals surface area (Å²) in [7, 11) is -1.03. The molecule has 2 nitrogen and oxygen atoms in total. The molecule has 2 saturated heterocycles. The molecule has 0 aromatic carbocycles. The van der Waals surface area contributed by atoms with E-state index in [2.05, 4.69) is 12.2 Å². The topological polar surface area (TPSA) is 32.3 Å². The number of nitrogens with one attached hydrogen (secondary N) is 1. The van der Waals surface area contributed by atoms with Gasteiger partial charge < -0.3 is 10.4 Å². The zero-order valence-electron chi connectivity index (χ0n) is 9.97. The number of aliphatic hydroxyl groups excluding tert-OH is 1. The lowest BCUT2D eigenvalue weighted by Crippen LogP contribution is -2.42. The fourth-order valence-electron chi connectivity index (χ4n) is 3.45. The van der Waals surface area contributed by atoms with Gasteiger partial charge in [-0.3, -0.25) is 0 Å². The molecule has 3 heteroatoms. The van der Waals surface area contributed by atoms with Gasteiger partial charge in [-0.25, -0.2) is 0 Å². The van der Waals surface area contributed by atoms with Gasteiger partial charge in [0.1, 0.15) is 0 Å². The van der Waals surface area contributed by atoms with Crippen molar-refractivity contribution in [1.29, 1.82) is 0 Å². The van der Waals surface area contributed by atoms with Crippen molar-refractivity contribution < 1.29 is 5.11 Å². The summed E-state index contributed by atoms with van der Waals surface area (Å²) in [5, 5.41) is 13.7. The van der Waals surface area contributed by atoms with Crippen LogP contribution in [0.5, 0.6) is 0 Å². The molecular weight excluding hydrogens is 202 g/mol. The van der Waals surface area contributed by atoms with E-state index in [9.17, 15) is 5.11 Å². The second-order valence-corrected chi connectivity index (χ2v) is 10.7. The van der Waals surface area contributed by atoms with Gasteiger partial charge in [0.25, 0.3) is 0 Å². The number of rotatable bonds is 4. The minimum Gasteiger partial charge on any atom is -0.392 e. The molecule has 0 bridgehead atoms. The SMILES string of the molecule is CC[Si]1(C[C@@H](O)[C@@H]2CCCN2)CCCC1. The van der Waals surface area contributed by atoms with Crippen LogP contribution < -0.4 is 5.32 Å². The van der Waals surface area contributed by atoms with Gasteiger partial charge >= 0.3 is 0 Å². The van der Waals surface area contributed by atoms with E-state index < -0.39 is 8.07 Å². The van der Waals surface area contributed by atoms with E-state index in [1.54, 1.807) is 0 Å². The second-order valence-electron chi connectivity index (χ2n) is 5.53. The van der Waals surface area contributed by atoms with Crippen LogP contribution in [0.1, 0.15) is 32.6 Å². The molecule has 0 saturated carbocycles. The molecule has 0 radical (unpaired) electrons. The summed E-state index contributed by atoms with van der Waals surface area (Å²) in [5.74, 6) is 0. The standard InChI is InChI=1S/C12H25NOSi/c1-2-15(8-3-4-9-15)10-12(14)11-6-5-7-13-11/h11-14H,2-10H2,1H3/t11-,12+/m0/s1. The molecule has 88 valence electrons. The first-order valence-corrected chi connectivity index (χ1v) is 9.50. The van der Waals surface area contributed by atoms with E-state index in [0.717, 1.165) is 6.54 Å². The van der Waals surface area contributed by atoms with Gasteiger partial charge in [-0.05, 0) is 25.4 Å². The van der Waals surface area contributed by atoms with E-state index in [1.807, 2.05) is 0 Å². The van der Waals surface area contributed by atoms with Gasteiger partial charge in [-0.1, -0.05) is 37.9 Å². The molecule has 0 amide bonds. The lowest BCUT2D eigenvalue weighted by atomic mass is 10.1. The van der Waals surface area contributed by atoms with Gasteiger partial charge in [0.2, 0.25) is 0 Å². The van der Waals surface area contributed by atoms with Gasteiger partial charge in [0.05, 0.1) is 14.2 Å². The van der Waals surface area contributed by atoms with Crippen LogP contribution >= 0.6 is 0 Å². The highest BCUT2D eigenvalue weighted by molar-refractivity contribution is 6.80. The molecule has 2 heterocycles. The molecule has 0 spiro atoms. The van der Waals surface area contributed by atoms with Crippen molar-refractivity contribution in [1.82, 2.24) is 5.32 Å². The van der Waals surface area contributed by atoms with E-state index >= 15 is 0 Å². The fourth-order valence-corrected chi connectivity index (χ4v) is 8.28. The monoisotopic (exact) mass is 227 g/mol. The van der Waals surface area contributed by atoms with Crippen LogP contribution in [0.3, 0.4) is 0 Å². The molecule has 2 atom stereocenters. The van der Waals surface area contributed by atoms with Crippen LogP contribution in [-0.4, -0.2) is 31.9 Å². The van der Waals surface area contributed by atoms with Crippen LogP contribution in [0, 0.1) is 0 Å². The van der Waals surface area contributed by atoms with E-state index in [0.29, 0.717) is 6.04 Å². The summed E-state index contributed by atoms with van der Waals surface area (Å²) in [6.07, 6.45) is 5.27. The average molecular weight is 227 g/mol. The third-order valence-electron chi connectivity index (χ3n) is 4.62. The zero-order valence-corrected chi connectivity index (χ0v) is 11.0. The molecule has 0 aliphatic carbocycles. The maximum atomic E-state index is 10.3. The maximum absolute atomic E-state index is 10.3. The highest BCUT2D eigenvalue weighted by Gasteiger charge is 2.38. The molecule has 2 N–H and O–H groups in total. The Bertz CT molecular complexity index is 198. The summed E-state index contributed by atoms with van der Waals surface area (Å²) >= 11 is 0. The molecular formula is C12H25NOSi. The smallest absolute Gasteiger partial charge is 0.0670 e. The Balaban J connectivity index is 1.88. The Morgan fingerprint density at radius 2 is 2.07 bits per heavy atom. The van der Waals surface area contributed by atoms with E-state index in [1.165, 1.54) is 49.9 Å². The Labute approximate surface area is 94.5 Å². The predicted octanol–water partition coefficient (Wildman–Crippen LogP) is 2.36. The maximum Gasteiger partial charge on any atom is 0.0670 e. The fraction of sp³-hybridized carbons (Fsp3) is 1.00. The molecule has 15 heavy (non-hydrogen) atoms. The minimum atomic E-state index is -1.03. The average Bonchev–Trinajstić information content (AvgIpc) is 2.88. The molecule has 2 aliphatic heterocycles. The third-order valence-corrected chi connectivity index (χ3v) is 10.2. The van der Waals surface area contributed by atoms with Crippen LogP contribution in [-0.2, 0) is 0 Å². The molecule has 0 aromatic rings. The van der Waals surface area contributed by atoms with Crippen molar-refractivity contribution in [3.05, 3.63) is 0 Å². The lowest BCUT2D eigenvalue weighted by molar-refractivity contribution is 0.152. The van der Waals surface area contributed by atoms with E-state index in [-0.39, 0.29) is 6.10 Å². The van der Waals surface area contributed by atoms with Gasteiger partial charge in [0, 0.05) is 6.04 Å². The van der Waals surface area contributed by atoms with Crippen molar-refractivity contribution in [2.45, 2.75) is 68.9 Å². The van der Waals surface area contributed by atoms with E-state index in [4.69, 9.17) is 0 Å². The quantitative estimate of drug-likeness (QED) is 0.723. The van der Waals surface area contributed by atoms with Crippen LogP contribution in [0.15, 0.2) is 0 Å². The van der Waals surface area contributed by atoms with Crippen molar-refractivity contribution in [2.75, 3.05) is 6.54 Å². The van der Waals surface area contributed by atoms with Gasteiger partial charge in [-0.2, -0.15) is 0 Å². The second kappa shape index (κ2) is 4.98. The number of hydrogen-bond acceptors (Lipinski definition) is 2. The Kier molecular flexibility index (Phi) is 3.86. The van der Waals surface area contributed by atoms with Crippen LogP contribution in [0.4, 0.5) is 0 Å². The largest absolute Gasteiger partial charge is 0.392 e. The summed E-state index contributed by atoms with van der Waals surface area (Å²) in [5.41, 5.74) is 0. The Hall–Kier alpha value is 0.137. The molecule has 2 fully saturated rings. The van der Waals surface area contributed by atoms with Crippen LogP contribution in [0.2, 0.25) is 24.2 Å². The lowest BCUT2D eigenvalue weighted by Gasteiger charge is -2.30. The van der Waals surface area contributed by atoms with Crippen molar-refractivity contribution in [3.63, 3.8) is 0 Å². The molecule has 0 aromatic heterocycles. The highest BCUT2D eigenvalue weighted by Crippen LogP contribution is 2.38. The van der Waals surface area contributed by atoms with Gasteiger partial charge in [-0.15, -0.1) is 0 Å². The minimum absolute atomic E-state index is 0.0442. The van der Waals surface area contributed by atoms with Crippen LogP contribution in [0.25, 0.3) is 0 Å². The Morgan fingerprint density at radius 3 is 2.60 bits per heavy atom. The molecule has 0 unspecified atom stereocenters. The summed E-state index contributed by atoms with van der Waals surface area (Å²) < 4.78 is 0. The summed E-state index contributed by atoms with van der Waals surface area (Å²) in [6, 6.07) is 5.93. The van der Waals surface area contributed by atoms with Gasteiger partial charge in [0.15, 0.2) is 0 Å². The number of hydrogen-bond donors (Lipinski definition) is 2. The summed E-state index contributed by atoms with van der Waals surface area (Å²) in [4.78, 5) is 0. The predicted molar refractivity (Wildman–Crippen MR) is 66.9 cm³/mol. The first-order valence-electron chi connectivity index (χ1n) is 6.67.